The number of hydrogen-bond donors (Lipinski definition) is 2. The van der Waals surface area contributed by atoms with Crippen molar-refractivity contribution in [1.29, 1.82) is 0 Å². The normalized spacial score (nSPS) is 11.2. The van der Waals surface area contributed by atoms with Crippen molar-refractivity contribution in [1.82, 2.24) is 0 Å². The Balaban J connectivity index is 1.66. The van der Waals surface area contributed by atoms with E-state index in [1.54, 1.807) is 0 Å². The smallest absolute Gasteiger partial charge is 0.0433 e. The minimum absolute atomic E-state index is 0.233. The highest BCUT2D eigenvalue weighted by Gasteiger charge is 2.07. The number of aliphatic hydroxyl groups excluding tert-OH is 2. The molecule has 0 aliphatic rings. The van der Waals surface area contributed by atoms with E-state index in [1.165, 1.54) is 42.4 Å². The topological polar surface area (TPSA) is 40.5 Å². The molecule has 0 spiro atoms. The van der Waals surface area contributed by atoms with Crippen molar-refractivity contribution in [2.45, 2.75) is 51.4 Å². The van der Waals surface area contributed by atoms with Gasteiger partial charge in [0.1, 0.15) is 0 Å². The number of aryl methyl sites for hydroxylation is 1. The van der Waals surface area contributed by atoms with E-state index in [2.05, 4.69) is 36.4 Å². The molecule has 0 atom stereocenters. The van der Waals surface area contributed by atoms with E-state index < -0.39 is 0 Å². The second kappa shape index (κ2) is 12.1. The van der Waals surface area contributed by atoms with Gasteiger partial charge in [0.2, 0.25) is 0 Å². The van der Waals surface area contributed by atoms with E-state index in [1.807, 2.05) is 12.1 Å². The molecule has 0 saturated carbocycles. The lowest BCUT2D eigenvalue weighted by Crippen LogP contribution is -2.05. The number of halogens is 1. The van der Waals surface area contributed by atoms with Gasteiger partial charge in [-0.3, -0.25) is 0 Å². The highest BCUT2D eigenvalue weighted by atomic mass is 35.5. The standard InChI is InChI=1S/C23H31ClO2/c24-23-13-11-22(12-14-23)21-9-7-19(8-10-21)5-3-1-2-4-6-20(15-17-25)16-18-26/h7-14,20,25-26H,1-6,15-18H2. The van der Waals surface area contributed by atoms with Crippen LogP contribution in [-0.4, -0.2) is 23.4 Å². The summed E-state index contributed by atoms with van der Waals surface area (Å²) >= 11 is 5.94. The van der Waals surface area contributed by atoms with Crippen LogP contribution in [0.3, 0.4) is 0 Å². The predicted molar refractivity (Wildman–Crippen MR) is 111 cm³/mol. The molecule has 0 saturated heterocycles. The van der Waals surface area contributed by atoms with Gasteiger partial charge in [-0.1, -0.05) is 73.7 Å². The Morgan fingerprint density at radius 3 is 1.77 bits per heavy atom. The molecule has 2 aromatic rings. The van der Waals surface area contributed by atoms with E-state index in [4.69, 9.17) is 21.8 Å². The van der Waals surface area contributed by atoms with Crippen LogP contribution in [0.25, 0.3) is 11.1 Å². The fourth-order valence-electron chi connectivity index (χ4n) is 3.42. The van der Waals surface area contributed by atoms with Crippen molar-refractivity contribution in [3.05, 3.63) is 59.1 Å². The Morgan fingerprint density at radius 1 is 0.654 bits per heavy atom. The summed E-state index contributed by atoms with van der Waals surface area (Å²) in [4.78, 5) is 0. The first-order valence-electron chi connectivity index (χ1n) is 9.79. The minimum Gasteiger partial charge on any atom is -0.396 e. The molecule has 2 rings (SSSR count). The molecule has 2 aromatic carbocycles. The summed E-state index contributed by atoms with van der Waals surface area (Å²) in [5.41, 5.74) is 3.81. The molecule has 0 aliphatic heterocycles. The lowest BCUT2D eigenvalue weighted by atomic mass is 9.94. The van der Waals surface area contributed by atoms with E-state index in [0.717, 1.165) is 30.7 Å². The first-order valence-corrected chi connectivity index (χ1v) is 10.2. The fourth-order valence-corrected chi connectivity index (χ4v) is 3.55. The average Bonchev–Trinajstić information content (AvgIpc) is 2.66. The molecule has 0 radical (unpaired) electrons. The van der Waals surface area contributed by atoms with Crippen LogP contribution in [-0.2, 0) is 6.42 Å². The van der Waals surface area contributed by atoms with Gasteiger partial charge >= 0.3 is 0 Å². The van der Waals surface area contributed by atoms with E-state index in [0.29, 0.717) is 5.92 Å². The summed E-state index contributed by atoms with van der Waals surface area (Å²) in [5, 5.41) is 18.9. The second-order valence-corrected chi connectivity index (χ2v) is 7.48. The molecule has 142 valence electrons. The zero-order valence-electron chi connectivity index (χ0n) is 15.5. The van der Waals surface area contributed by atoms with Gasteiger partial charge in [-0.2, -0.15) is 0 Å². The molecule has 2 N–H and O–H groups in total. The van der Waals surface area contributed by atoms with Crippen molar-refractivity contribution in [3.8, 4) is 11.1 Å². The number of aliphatic hydroxyl groups is 2. The highest BCUT2D eigenvalue weighted by molar-refractivity contribution is 6.30. The van der Waals surface area contributed by atoms with Crippen LogP contribution in [0, 0.1) is 5.92 Å². The van der Waals surface area contributed by atoms with Gasteiger partial charge in [0, 0.05) is 18.2 Å². The fraction of sp³-hybridized carbons (Fsp3) is 0.478. The number of unbranched alkanes of at least 4 members (excludes halogenated alkanes) is 3. The summed E-state index contributed by atoms with van der Waals surface area (Å²) in [5.74, 6) is 0.477. The third-order valence-corrected chi connectivity index (χ3v) is 5.29. The lowest BCUT2D eigenvalue weighted by molar-refractivity contribution is 0.208. The van der Waals surface area contributed by atoms with Crippen molar-refractivity contribution >= 4 is 11.6 Å². The molecule has 0 bridgehead atoms. The van der Waals surface area contributed by atoms with Crippen molar-refractivity contribution in [2.75, 3.05) is 13.2 Å². The zero-order chi connectivity index (χ0) is 18.6. The average molecular weight is 375 g/mol. The van der Waals surface area contributed by atoms with Crippen LogP contribution in [0.15, 0.2) is 48.5 Å². The summed E-state index contributed by atoms with van der Waals surface area (Å²) in [6.45, 7) is 0.466. The Labute approximate surface area is 162 Å². The molecule has 26 heavy (non-hydrogen) atoms. The first-order chi connectivity index (χ1) is 12.7. The van der Waals surface area contributed by atoms with Crippen LogP contribution >= 0.6 is 11.6 Å². The number of benzene rings is 2. The van der Waals surface area contributed by atoms with Crippen LogP contribution in [0.4, 0.5) is 0 Å². The molecule has 0 heterocycles. The maximum absolute atomic E-state index is 9.05. The monoisotopic (exact) mass is 374 g/mol. The maximum atomic E-state index is 9.05. The third-order valence-electron chi connectivity index (χ3n) is 5.03. The van der Waals surface area contributed by atoms with Crippen molar-refractivity contribution in [3.63, 3.8) is 0 Å². The first kappa shape index (κ1) is 21.0. The molecule has 0 aliphatic carbocycles. The zero-order valence-corrected chi connectivity index (χ0v) is 16.3. The third kappa shape index (κ3) is 7.49. The molecule has 3 heteroatoms. The molecule has 2 nitrogen and oxygen atoms in total. The SMILES string of the molecule is OCCC(CCO)CCCCCCc1ccc(-c2ccc(Cl)cc2)cc1. The van der Waals surface area contributed by atoms with Crippen LogP contribution in [0.2, 0.25) is 5.02 Å². The van der Waals surface area contributed by atoms with Gasteiger partial charge < -0.3 is 10.2 Å². The van der Waals surface area contributed by atoms with E-state index >= 15 is 0 Å². The predicted octanol–water partition coefficient (Wildman–Crippen LogP) is 5.88. The van der Waals surface area contributed by atoms with Crippen LogP contribution in [0.5, 0.6) is 0 Å². The largest absolute Gasteiger partial charge is 0.396 e. The summed E-state index contributed by atoms with van der Waals surface area (Å²) < 4.78 is 0. The van der Waals surface area contributed by atoms with E-state index in [-0.39, 0.29) is 13.2 Å². The number of hydrogen-bond acceptors (Lipinski definition) is 2. The summed E-state index contributed by atoms with van der Waals surface area (Å²) in [7, 11) is 0. The number of rotatable bonds is 12. The summed E-state index contributed by atoms with van der Waals surface area (Å²) in [6, 6.07) is 16.8. The van der Waals surface area contributed by atoms with Crippen LogP contribution in [0.1, 0.15) is 50.5 Å². The van der Waals surface area contributed by atoms with Crippen molar-refractivity contribution in [2.24, 2.45) is 5.92 Å². The minimum atomic E-state index is 0.233. The van der Waals surface area contributed by atoms with Gasteiger partial charge in [-0.15, -0.1) is 0 Å². The molecular formula is C23H31ClO2. The quantitative estimate of drug-likeness (QED) is 0.455. The van der Waals surface area contributed by atoms with Gasteiger partial charge in [-0.25, -0.2) is 0 Å². The van der Waals surface area contributed by atoms with Gasteiger partial charge in [0.15, 0.2) is 0 Å². The lowest BCUT2D eigenvalue weighted by Gasteiger charge is -2.13. The van der Waals surface area contributed by atoms with Crippen molar-refractivity contribution < 1.29 is 10.2 Å². The highest BCUT2D eigenvalue weighted by Crippen LogP contribution is 2.23. The van der Waals surface area contributed by atoms with E-state index in [9.17, 15) is 0 Å². The molecule has 0 fully saturated rings. The Kier molecular flexibility index (Phi) is 9.76. The maximum Gasteiger partial charge on any atom is 0.0433 e. The Hall–Kier alpha value is -1.35. The van der Waals surface area contributed by atoms with Gasteiger partial charge in [-0.05, 0) is 60.4 Å². The van der Waals surface area contributed by atoms with Gasteiger partial charge in [0.25, 0.3) is 0 Å². The Bertz CT molecular complexity index is 601. The summed E-state index contributed by atoms with van der Waals surface area (Å²) in [6.07, 6.45) is 8.76. The molecule has 0 amide bonds. The van der Waals surface area contributed by atoms with Crippen LogP contribution < -0.4 is 0 Å². The molecular weight excluding hydrogens is 344 g/mol. The second-order valence-electron chi connectivity index (χ2n) is 7.05. The molecule has 0 unspecified atom stereocenters. The molecule has 0 aromatic heterocycles. The van der Waals surface area contributed by atoms with Gasteiger partial charge in [0.05, 0.1) is 0 Å². The Morgan fingerprint density at radius 2 is 1.19 bits per heavy atom.